The van der Waals surface area contributed by atoms with E-state index in [1.54, 1.807) is 0 Å². The van der Waals surface area contributed by atoms with Crippen LogP contribution < -0.4 is 0 Å². The Morgan fingerprint density at radius 2 is 1.79 bits per heavy atom. The van der Waals surface area contributed by atoms with Gasteiger partial charge in [0.25, 0.3) is 0 Å². The summed E-state index contributed by atoms with van der Waals surface area (Å²) in [5.41, 5.74) is 0.314. The molecule has 0 bridgehead atoms. The highest BCUT2D eigenvalue weighted by atomic mass is 15.1. The van der Waals surface area contributed by atoms with Crippen molar-refractivity contribution < 1.29 is 0 Å². The van der Waals surface area contributed by atoms with Gasteiger partial charge >= 0.3 is 0 Å². The standard InChI is InChI=1S/C12H22N2/c1-11(2)5-7-14(8-6-11)10-12(3,4)9-13/h5-8,10H2,1-4H3. The predicted molar refractivity (Wildman–Crippen MR) is 58.8 cm³/mol. The minimum atomic E-state index is -0.193. The van der Waals surface area contributed by atoms with Crippen LogP contribution in [0.3, 0.4) is 0 Å². The molecule has 0 amide bonds. The van der Waals surface area contributed by atoms with Crippen LogP contribution in [-0.2, 0) is 0 Å². The Bertz CT molecular complexity index is 225. The molecule has 0 spiro atoms. The van der Waals surface area contributed by atoms with Crippen molar-refractivity contribution in [3.05, 3.63) is 0 Å². The van der Waals surface area contributed by atoms with Gasteiger partial charge in [-0.05, 0) is 45.2 Å². The number of nitrogens with zero attached hydrogens (tertiary/aromatic N) is 2. The Labute approximate surface area is 87.9 Å². The van der Waals surface area contributed by atoms with E-state index >= 15 is 0 Å². The fourth-order valence-corrected chi connectivity index (χ4v) is 1.91. The molecule has 0 aromatic heterocycles. The first-order chi connectivity index (χ1) is 6.35. The molecule has 0 aromatic rings. The van der Waals surface area contributed by atoms with Crippen LogP contribution >= 0.6 is 0 Å². The summed E-state index contributed by atoms with van der Waals surface area (Å²) >= 11 is 0. The third-order valence-corrected chi connectivity index (χ3v) is 3.13. The molecule has 1 saturated heterocycles. The Kier molecular flexibility index (Phi) is 3.21. The first-order valence-corrected chi connectivity index (χ1v) is 5.48. The normalized spacial score (nSPS) is 23.1. The SMILES string of the molecule is CC(C)(C#N)CN1CCC(C)(C)CC1. The summed E-state index contributed by atoms with van der Waals surface area (Å²) in [6.45, 7) is 11.9. The zero-order valence-corrected chi connectivity index (χ0v) is 9.93. The molecular weight excluding hydrogens is 172 g/mol. The Hall–Kier alpha value is -0.550. The van der Waals surface area contributed by atoms with Crippen LogP contribution in [0.15, 0.2) is 0 Å². The fraction of sp³-hybridized carbons (Fsp3) is 0.917. The Morgan fingerprint density at radius 1 is 1.29 bits per heavy atom. The Balaban J connectivity index is 2.41. The van der Waals surface area contributed by atoms with Gasteiger partial charge in [0.1, 0.15) is 0 Å². The van der Waals surface area contributed by atoms with Crippen LogP contribution in [0.5, 0.6) is 0 Å². The van der Waals surface area contributed by atoms with Crippen molar-refractivity contribution in [1.29, 1.82) is 5.26 Å². The summed E-state index contributed by atoms with van der Waals surface area (Å²) < 4.78 is 0. The van der Waals surface area contributed by atoms with Gasteiger partial charge in [-0.15, -0.1) is 0 Å². The largest absolute Gasteiger partial charge is 0.302 e. The zero-order valence-electron chi connectivity index (χ0n) is 9.93. The topological polar surface area (TPSA) is 27.0 Å². The fourth-order valence-electron chi connectivity index (χ4n) is 1.91. The number of hydrogen-bond donors (Lipinski definition) is 0. The lowest BCUT2D eigenvalue weighted by atomic mass is 9.82. The van der Waals surface area contributed by atoms with Gasteiger partial charge in [-0.3, -0.25) is 0 Å². The quantitative estimate of drug-likeness (QED) is 0.675. The van der Waals surface area contributed by atoms with Crippen molar-refractivity contribution in [1.82, 2.24) is 4.90 Å². The molecule has 0 radical (unpaired) electrons. The molecule has 0 unspecified atom stereocenters. The highest BCUT2D eigenvalue weighted by Gasteiger charge is 2.28. The van der Waals surface area contributed by atoms with E-state index in [1.165, 1.54) is 12.8 Å². The second-order valence-electron chi connectivity index (χ2n) is 5.94. The molecule has 0 atom stereocenters. The Morgan fingerprint density at radius 3 is 2.21 bits per heavy atom. The first kappa shape index (κ1) is 11.5. The van der Waals surface area contributed by atoms with Crippen molar-refractivity contribution >= 4 is 0 Å². The lowest BCUT2D eigenvalue weighted by molar-refractivity contribution is 0.110. The summed E-state index contributed by atoms with van der Waals surface area (Å²) in [5, 5.41) is 8.95. The van der Waals surface area contributed by atoms with E-state index in [-0.39, 0.29) is 5.41 Å². The maximum absolute atomic E-state index is 8.95. The summed E-state index contributed by atoms with van der Waals surface area (Å²) in [7, 11) is 0. The van der Waals surface area contributed by atoms with Gasteiger partial charge < -0.3 is 4.90 Å². The molecule has 80 valence electrons. The smallest absolute Gasteiger partial charge is 0.0697 e. The van der Waals surface area contributed by atoms with Crippen LogP contribution in [-0.4, -0.2) is 24.5 Å². The molecule has 1 rings (SSSR count). The second-order valence-corrected chi connectivity index (χ2v) is 5.94. The average molecular weight is 194 g/mol. The van der Waals surface area contributed by atoms with E-state index in [4.69, 9.17) is 5.26 Å². The number of hydrogen-bond acceptors (Lipinski definition) is 2. The van der Waals surface area contributed by atoms with E-state index in [0.717, 1.165) is 19.6 Å². The van der Waals surface area contributed by atoms with Crippen molar-refractivity contribution in [2.24, 2.45) is 10.8 Å². The lowest BCUT2D eigenvalue weighted by Crippen LogP contribution is -2.41. The zero-order chi connectivity index (χ0) is 10.8. The molecule has 0 N–H and O–H groups in total. The average Bonchev–Trinajstić information content (AvgIpc) is 2.09. The van der Waals surface area contributed by atoms with Gasteiger partial charge in [-0.25, -0.2) is 0 Å². The van der Waals surface area contributed by atoms with Crippen LogP contribution in [0.25, 0.3) is 0 Å². The molecule has 1 aliphatic heterocycles. The predicted octanol–water partition coefficient (Wildman–Crippen LogP) is 2.66. The maximum Gasteiger partial charge on any atom is 0.0697 e. The summed E-state index contributed by atoms with van der Waals surface area (Å²) in [6.07, 6.45) is 2.52. The third kappa shape index (κ3) is 3.31. The highest BCUT2D eigenvalue weighted by molar-refractivity contribution is 4.95. The number of piperidine rings is 1. The van der Waals surface area contributed by atoms with Crippen molar-refractivity contribution in [2.45, 2.75) is 40.5 Å². The van der Waals surface area contributed by atoms with E-state index in [1.807, 2.05) is 13.8 Å². The number of rotatable bonds is 2. The van der Waals surface area contributed by atoms with Gasteiger partial charge in [0.2, 0.25) is 0 Å². The summed E-state index contributed by atoms with van der Waals surface area (Å²) in [4.78, 5) is 2.43. The maximum atomic E-state index is 8.95. The van der Waals surface area contributed by atoms with Crippen molar-refractivity contribution in [3.63, 3.8) is 0 Å². The lowest BCUT2D eigenvalue weighted by Gasteiger charge is -2.38. The van der Waals surface area contributed by atoms with E-state index in [2.05, 4.69) is 24.8 Å². The van der Waals surface area contributed by atoms with Crippen LogP contribution in [0, 0.1) is 22.2 Å². The second kappa shape index (κ2) is 3.90. The minimum Gasteiger partial charge on any atom is -0.302 e. The summed E-state index contributed by atoms with van der Waals surface area (Å²) in [6, 6.07) is 2.37. The van der Waals surface area contributed by atoms with Gasteiger partial charge in [0, 0.05) is 6.54 Å². The van der Waals surface area contributed by atoms with Gasteiger partial charge in [0.05, 0.1) is 11.5 Å². The molecule has 0 aromatic carbocycles. The van der Waals surface area contributed by atoms with Crippen LogP contribution in [0.4, 0.5) is 0 Å². The molecule has 0 aliphatic carbocycles. The van der Waals surface area contributed by atoms with Gasteiger partial charge in [0.15, 0.2) is 0 Å². The monoisotopic (exact) mass is 194 g/mol. The molecule has 2 heteroatoms. The number of nitriles is 1. The third-order valence-electron chi connectivity index (χ3n) is 3.13. The molecule has 2 nitrogen and oxygen atoms in total. The van der Waals surface area contributed by atoms with E-state index < -0.39 is 0 Å². The van der Waals surface area contributed by atoms with Crippen LogP contribution in [0.1, 0.15) is 40.5 Å². The molecule has 1 aliphatic rings. The molecular formula is C12H22N2. The van der Waals surface area contributed by atoms with Gasteiger partial charge in [-0.2, -0.15) is 5.26 Å². The minimum absolute atomic E-state index is 0.193. The van der Waals surface area contributed by atoms with Crippen LogP contribution in [0.2, 0.25) is 0 Å². The van der Waals surface area contributed by atoms with E-state index in [0.29, 0.717) is 5.41 Å². The molecule has 14 heavy (non-hydrogen) atoms. The highest BCUT2D eigenvalue weighted by Crippen LogP contribution is 2.30. The first-order valence-electron chi connectivity index (χ1n) is 5.48. The molecule has 0 saturated carbocycles. The number of likely N-dealkylation sites (tertiary alicyclic amines) is 1. The van der Waals surface area contributed by atoms with E-state index in [9.17, 15) is 0 Å². The van der Waals surface area contributed by atoms with Crippen molar-refractivity contribution in [3.8, 4) is 6.07 Å². The molecule has 1 heterocycles. The molecule has 1 fully saturated rings. The summed E-state index contributed by atoms with van der Waals surface area (Å²) in [5.74, 6) is 0. The van der Waals surface area contributed by atoms with Gasteiger partial charge in [-0.1, -0.05) is 13.8 Å². The van der Waals surface area contributed by atoms with Crippen molar-refractivity contribution in [2.75, 3.05) is 19.6 Å².